The molecule has 4 nitrogen and oxygen atoms in total. The van der Waals surface area contributed by atoms with Crippen LogP contribution in [0.5, 0.6) is 0 Å². The number of aromatic nitrogens is 2. The summed E-state index contributed by atoms with van der Waals surface area (Å²) < 4.78 is 5.42. The molecule has 0 aliphatic carbocycles. The molecule has 0 saturated carbocycles. The summed E-state index contributed by atoms with van der Waals surface area (Å²) in [5, 5.41) is 11.7. The van der Waals surface area contributed by atoms with Crippen LogP contribution in [0.4, 0.5) is 5.13 Å². The average Bonchev–Trinajstić information content (AvgIpc) is 2.69. The summed E-state index contributed by atoms with van der Waals surface area (Å²) >= 11 is 1.52. The van der Waals surface area contributed by atoms with Gasteiger partial charge in [0.1, 0.15) is 5.51 Å². The summed E-state index contributed by atoms with van der Waals surface area (Å²) in [4.78, 5) is 0. The van der Waals surface area contributed by atoms with Crippen molar-refractivity contribution in [1.29, 1.82) is 0 Å². The van der Waals surface area contributed by atoms with Gasteiger partial charge < -0.3 is 10.1 Å². The molecule has 80 valence electrons. The molecule has 0 aliphatic rings. The van der Waals surface area contributed by atoms with Gasteiger partial charge in [-0.1, -0.05) is 24.7 Å². The van der Waals surface area contributed by atoms with Crippen LogP contribution in [0.2, 0.25) is 0 Å². The molecule has 1 aromatic heterocycles. The lowest BCUT2D eigenvalue weighted by Gasteiger charge is -2.03. The van der Waals surface area contributed by atoms with Crippen molar-refractivity contribution in [3.63, 3.8) is 0 Å². The number of unbranched alkanes of at least 4 members (excludes halogenated alkanes) is 1. The summed E-state index contributed by atoms with van der Waals surface area (Å²) in [7, 11) is 0. The Morgan fingerprint density at radius 1 is 1.43 bits per heavy atom. The van der Waals surface area contributed by atoms with Crippen molar-refractivity contribution in [3.05, 3.63) is 5.51 Å². The second-order valence-electron chi connectivity index (χ2n) is 2.99. The number of hydrogen-bond donors (Lipinski definition) is 1. The third-order valence-electron chi connectivity index (χ3n) is 1.74. The first kappa shape index (κ1) is 11.4. The Morgan fingerprint density at radius 3 is 3.00 bits per heavy atom. The minimum absolute atomic E-state index is 0.825. The van der Waals surface area contributed by atoms with E-state index >= 15 is 0 Å². The van der Waals surface area contributed by atoms with E-state index in [1.165, 1.54) is 17.8 Å². The van der Waals surface area contributed by atoms with Gasteiger partial charge in [0.25, 0.3) is 0 Å². The van der Waals surface area contributed by atoms with Gasteiger partial charge in [0.05, 0.1) is 0 Å². The van der Waals surface area contributed by atoms with E-state index in [-0.39, 0.29) is 0 Å². The maximum atomic E-state index is 5.42. The molecule has 0 aromatic carbocycles. The van der Waals surface area contributed by atoms with E-state index in [0.717, 1.165) is 37.7 Å². The van der Waals surface area contributed by atoms with Crippen LogP contribution in [0.15, 0.2) is 5.51 Å². The van der Waals surface area contributed by atoms with Crippen molar-refractivity contribution in [1.82, 2.24) is 10.2 Å². The van der Waals surface area contributed by atoms with E-state index in [1.54, 1.807) is 5.51 Å². The molecule has 0 saturated heterocycles. The van der Waals surface area contributed by atoms with Crippen LogP contribution in [0, 0.1) is 0 Å². The molecule has 1 rings (SSSR count). The summed E-state index contributed by atoms with van der Waals surface area (Å²) in [6, 6.07) is 0. The Morgan fingerprint density at radius 2 is 2.29 bits per heavy atom. The maximum absolute atomic E-state index is 5.42. The standard InChI is InChI=1S/C9H17N3OS/c1-2-3-6-13-7-4-5-10-9-12-11-8-14-9/h8H,2-7H2,1H3,(H,10,12). The lowest BCUT2D eigenvalue weighted by molar-refractivity contribution is 0.131. The molecule has 0 atom stereocenters. The fourth-order valence-corrected chi connectivity index (χ4v) is 1.44. The molecule has 14 heavy (non-hydrogen) atoms. The third-order valence-corrected chi connectivity index (χ3v) is 2.39. The number of nitrogens with one attached hydrogen (secondary N) is 1. The molecular weight excluding hydrogens is 198 g/mol. The minimum atomic E-state index is 0.825. The van der Waals surface area contributed by atoms with Crippen LogP contribution < -0.4 is 5.32 Å². The topological polar surface area (TPSA) is 47.0 Å². The predicted octanol–water partition coefficient (Wildman–Crippen LogP) is 2.16. The maximum Gasteiger partial charge on any atom is 0.205 e. The van der Waals surface area contributed by atoms with Gasteiger partial charge in [0.2, 0.25) is 5.13 Å². The molecule has 0 unspecified atom stereocenters. The van der Waals surface area contributed by atoms with Gasteiger partial charge in [0, 0.05) is 19.8 Å². The number of rotatable bonds is 8. The second-order valence-corrected chi connectivity index (χ2v) is 3.82. The van der Waals surface area contributed by atoms with Crippen LogP contribution in [0.1, 0.15) is 26.2 Å². The second kappa shape index (κ2) is 7.70. The number of hydrogen-bond acceptors (Lipinski definition) is 5. The zero-order chi connectivity index (χ0) is 10.1. The van der Waals surface area contributed by atoms with Crippen molar-refractivity contribution in [2.45, 2.75) is 26.2 Å². The Bertz CT molecular complexity index is 216. The van der Waals surface area contributed by atoms with Crippen molar-refractivity contribution >= 4 is 16.5 Å². The molecule has 1 heterocycles. The average molecular weight is 215 g/mol. The van der Waals surface area contributed by atoms with E-state index in [4.69, 9.17) is 4.74 Å². The molecule has 0 fully saturated rings. The largest absolute Gasteiger partial charge is 0.381 e. The fraction of sp³-hybridized carbons (Fsp3) is 0.778. The van der Waals surface area contributed by atoms with E-state index in [0.29, 0.717) is 0 Å². The first-order valence-electron chi connectivity index (χ1n) is 5.01. The molecule has 5 heteroatoms. The molecule has 0 aliphatic heterocycles. The van der Waals surface area contributed by atoms with E-state index in [2.05, 4.69) is 22.4 Å². The van der Waals surface area contributed by atoms with E-state index in [9.17, 15) is 0 Å². The van der Waals surface area contributed by atoms with Gasteiger partial charge in [0.15, 0.2) is 0 Å². The van der Waals surface area contributed by atoms with E-state index in [1.807, 2.05) is 0 Å². The molecule has 0 amide bonds. The SMILES string of the molecule is CCCCOCCCNc1nncs1. The predicted molar refractivity (Wildman–Crippen MR) is 58.7 cm³/mol. The van der Waals surface area contributed by atoms with Gasteiger partial charge in [-0.25, -0.2) is 0 Å². The Balaban J connectivity index is 1.85. The lowest BCUT2D eigenvalue weighted by atomic mass is 10.4. The summed E-state index contributed by atoms with van der Waals surface area (Å²) in [6.45, 7) is 4.78. The highest BCUT2D eigenvalue weighted by Gasteiger charge is 1.93. The highest BCUT2D eigenvalue weighted by atomic mass is 32.1. The summed E-state index contributed by atoms with van der Waals surface area (Å²) in [6.07, 6.45) is 3.37. The normalized spacial score (nSPS) is 10.4. The number of ether oxygens (including phenoxy) is 1. The quantitative estimate of drug-likeness (QED) is 0.675. The van der Waals surface area contributed by atoms with Crippen molar-refractivity contribution < 1.29 is 4.74 Å². The monoisotopic (exact) mass is 215 g/mol. The Kier molecular flexibility index (Phi) is 6.27. The molecule has 1 N–H and O–H groups in total. The third kappa shape index (κ3) is 5.14. The first-order valence-corrected chi connectivity index (χ1v) is 5.89. The van der Waals surface area contributed by atoms with Crippen LogP contribution in [-0.4, -0.2) is 30.0 Å². The zero-order valence-electron chi connectivity index (χ0n) is 8.53. The Hall–Kier alpha value is -0.680. The van der Waals surface area contributed by atoms with Crippen molar-refractivity contribution in [2.24, 2.45) is 0 Å². The highest BCUT2D eigenvalue weighted by molar-refractivity contribution is 7.13. The van der Waals surface area contributed by atoms with Crippen LogP contribution in [0.25, 0.3) is 0 Å². The van der Waals surface area contributed by atoms with Gasteiger partial charge in [-0.05, 0) is 12.8 Å². The molecule has 0 bridgehead atoms. The van der Waals surface area contributed by atoms with Gasteiger partial charge in [-0.15, -0.1) is 10.2 Å². The van der Waals surface area contributed by atoms with Crippen molar-refractivity contribution in [3.8, 4) is 0 Å². The molecular formula is C9H17N3OS. The fourth-order valence-electron chi connectivity index (χ4n) is 0.968. The van der Waals surface area contributed by atoms with Gasteiger partial charge >= 0.3 is 0 Å². The number of anilines is 1. The first-order chi connectivity index (χ1) is 6.93. The molecule has 0 radical (unpaired) electrons. The van der Waals surface area contributed by atoms with Gasteiger partial charge in [-0.3, -0.25) is 0 Å². The molecule has 0 spiro atoms. The lowest BCUT2D eigenvalue weighted by Crippen LogP contribution is -2.06. The summed E-state index contributed by atoms with van der Waals surface area (Å²) in [5.74, 6) is 0. The molecule has 1 aromatic rings. The van der Waals surface area contributed by atoms with Crippen molar-refractivity contribution in [2.75, 3.05) is 25.1 Å². The number of nitrogens with zero attached hydrogens (tertiary/aromatic N) is 2. The highest BCUT2D eigenvalue weighted by Crippen LogP contribution is 2.07. The van der Waals surface area contributed by atoms with Crippen LogP contribution in [0.3, 0.4) is 0 Å². The van der Waals surface area contributed by atoms with Gasteiger partial charge in [-0.2, -0.15) is 0 Å². The zero-order valence-corrected chi connectivity index (χ0v) is 9.35. The minimum Gasteiger partial charge on any atom is -0.381 e. The van der Waals surface area contributed by atoms with Crippen LogP contribution >= 0.6 is 11.3 Å². The van der Waals surface area contributed by atoms with E-state index < -0.39 is 0 Å². The summed E-state index contributed by atoms with van der Waals surface area (Å²) in [5.41, 5.74) is 1.72. The smallest absolute Gasteiger partial charge is 0.205 e. The Labute approximate surface area is 88.7 Å². The van der Waals surface area contributed by atoms with Crippen LogP contribution in [-0.2, 0) is 4.74 Å².